The first-order valence-electron chi connectivity index (χ1n) is 4.48. The zero-order valence-electron chi connectivity index (χ0n) is 7.71. The van der Waals surface area contributed by atoms with E-state index in [4.69, 9.17) is 5.73 Å². The Bertz CT molecular complexity index is 355. The maximum Gasteiger partial charge on any atom is 0.0692 e. The van der Waals surface area contributed by atoms with Gasteiger partial charge in [0.2, 0.25) is 0 Å². The SMILES string of the molecule is CC1=C(N)Sc2ccccc2CC1. The van der Waals surface area contributed by atoms with Gasteiger partial charge in [0.05, 0.1) is 5.03 Å². The Balaban J connectivity index is 2.39. The van der Waals surface area contributed by atoms with Gasteiger partial charge in [-0.1, -0.05) is 30.0 Å². The number of benzene rings is 1. The molecule has 0 aromatic heterocycles. The summed E-state index contributed by atoms with van der Waals surface area (Å²) < 4.78 is 0. The second-order valence-corrected chi connectivity index (χ2v) is 4.44. The van der Waals surface area contributed by atoms with Gasteiger partial charge < -0.3 is 5.73 Å². The highest BCUT2D eigenvalue weighted by Crippen LogP contribution is 2.33. The maximum absolute atomic E-state index is 5.94. The predicted octanol–water partition coefficient (Wildman–Crippen LogP) is 2.92. The summed E-state index contributed by atoms with van der Waals surface area (Å²) in [4.78, 5) is 1.32. The van der Waals surface area contributed by atoms with E-state index in [1.54, 1.807) is 11.8 Å². The van der Waals surface area contributed by atoms with E-state index in [1.165, 1.54) is 16.0 Å². The zero-order chi connectivity index (χ0) is 9.26. The Hall–Kier alpha value is -0.890. The van der Waals surface area contributed by atoms with E-state index in [-0.39, 0.29) is 0 Å². The number of fused-ring (bicyclic) bond motifs is 1. The van der Waals surface area contributed by atoms with Crippen molar-refractivity contribution in [2.75, 3.05) is 0 Å². The van der Waals surface area contributed by atoms with Crippen molar-refractivity contribution in [2.24, 2.45) is 5.73 Å². The summed E-state index contributed by atoms with van der Waals surface area (Å²) in [6.07, 6.45) is 2.21. The van der Waals surface area contributed by atoms with Crippen LogP contribution in [0.2, 0.25) is 0 Å². The molecule has 0 bridgehead atoms. The van der Waals surface area contributed by atoms with Crippen molar-refractivity contribution in [3.8, 4) is 0 Å². The minimum absolute atomic E-state index is 0.977. The van der Waals surface area contributed by atoms with Crippen molar-refractivity contribution >= 4 is 11.8 Å². The fourth-order valence-corrected chi connectivity index (χ4v) is 2.42. The number of nitrogens with two attached hydrogens (primary N) is 1. The summed E-state index contributed by atoms with van der Waals surface area (Å²) in [5.41, 5.74) is 8.68. The molecule has 1 nitrogen and oxygen atoms in total. The summed E-state index contributed by atoms with van der Waals surface area (Å²) >= 11 is 1.70. The Kier molecular flexibility index (Phi) is 2.32. The van der Waals surface area contributed by atoms with Crippen molar-refractivity contribution in [3.05, 3.63) is 40.4 Å². The molecule has 13 heavy (non-hydrogen) atoms. The van der Waals surface area contributed by atoms with Crippen molar-refractivity contribution in [1.82, 2.24) is 0 Å². The second kappa shape index (κ2) is 3.46. The molecule has 0 fully saturated rings. The van der Waals surface area contributed by atoms with Crippen LogP contribution in [-0.2, 0) is 6.42 Å². The van der Waals surface area contributed by atoms with E-state index in [1.807, 2.05) is 0 Å². The number of hydrogen-bond donors (Lipinski definition) is 1. The van der Waals surface area contributed by atoms with Gasteiger partial charge in [-0.2, -0.15) is 0 Å². The topological polar surface area (TPSA) is 26.0 Å². The van der Waals surface area contributed by atoms with E-state index < -0.39 is 0 Å². The first-order valence-corrected chi connectivity index (χ1v) is 5.30. The molecule has 0 atom stereocenters. The van der Waals surface area contributed by atoms with E-state index in [2.05, 4.69) is 31.2 Å². The summed E-state index contributed by atoms with van der Waals surface area (Å²) in [6, 6.07) is 8.50. The van der Waals surface area contributed by atoms with Crippen molar-refractivity contribution in [1.29, 1.82) is 0 Å². The van der Waals surface area contributed by atoms with Gasteiger partial charge in [-0.15, -0.1) is 0 Å². The third-order valence-electron chi connectivity index (χ3n) is 2.38. The molecule has 0 unspecified atom stereocenters. The van der Waals surface area contributed by atoms with Gasteiger partial charge in [-0.25, -0.2) is 0 Å². The lowest BCUT2D eigenvalue weighted by atomic mass is 10.1. The summed E-state index contributed by atoms with van der Waals surface area (Å²) in [5.74, 6) is 0. The van der Waals surface area contributed by atoms with E-state index in [9.17, 15) is 0 Å². The highest BCUT2D eigenvalue weighted by Gasteiger charge is 2.10. The van der Waals surface area contributed by atoms with Crippen molar-refractivity contribution < 1.29 is 0 Å². The van der Waals surface area contributed by atoms with Gasteiger partial charge in [0, 0.05) is 4.90 Å². The molecule has 1 heterocycles. The Labute approximate surface area is 83.0 Å². The average Bonchev–Trinajstić information content (AvgIpc) is 2.28. The highest BCUT2D eigenvalue weighted by atomic mass is 32.2. The molecular weight excluding hydrogens is 178 g/mol. The Morgan fingerprint density at radius 2 is 2.00 bits per heavy atom. The number of thioether (sulfide) groups is 1. The first kappa shape index (κ1) is 8.70. The quantitative estimate of drug-likeness (QED) is 0.682. The molecule has 0 aliphatic carbocycles. The van der Waals surface area contributed by atoms with Crippen LogP contribution in [0.5, 0.6) is 0 Å². The molecule has 1 aromatic rings. The van der Waals surface area contributed by atoms with Gasteiger partial charge in [0.15, 0.2) is 0 Å². The Morgan fingerprint density at radius 1 is 1.23 bits per heavy atom. The molecular formula is C11H13NS. The van der Waals surface area contributed by atoms with Gasteiger partial charge in [0.25, 0.3) is 0 Å². The third-order valence-corrected chi connectivity index (χ3v) is 3.57. The number of rotatable bonds is 0. The monoisotopic (exact) mass is 191 g/mol. The lowest BCUT2D eigenvalue weighted by molar-refractivity contribution is 0.921. The van der Waals surface area contributed by atoms with Crippen LogP contribution < -0.4 is 5.73 Å². The van der Waals surface area contributed by atoms with Gasteiger partial charge in [0.1, 0.15) is 0 Å². The van der Waals surface area contributed by atoms with Gasteiger partial charge in [-0.05, 0) is 37.0 Å². The standard InChI is InChI=1S/C11H13NS/c1-8-6-7-9-4-2-3-5-10(9)13-11(8)12/h2-5H,6-7,12H2,1H3. The minimum Gasteiger partial charge on any atom is -0.393 e. The fourth-order valence-electron chi connectivity index (χ4n) is 1.46. The average molecular weight is 191 g/mol. The number of hydrogen-bond acceptors (Lipinski definition) is 2. The second-order valence-electron chi connectivity index (χ2n) is 3.35. The van der Waals surface area contributed by atoms with Crippen LogP contribution in [0.15, 0.2) is 39.8 Å². The summed E-state index contributed by atoms with van der Waals surface area (Å²) in [5, 5.41) is 0.977. The fraction of sp³-hybridized carbons (Fsp3) is 0.273. The zero-order valence-corrected chi connectivity index (χ0v) is 8.53. The predicted molar refractivity (Wildman–Crippen MR) is 57.5 cm³/mol. The lowest BCUT2D eigenvalue weighted by Crippen LogP contribution is -1.94. The molecule has 2 N–H and O–H groups in total. The first-order chi connectivity index (χ1) is 6.27. The molecule has 1 aliphatic rings. The van der Waals surface area contributed by atoms with Crippen LogP contribution >= 0.6 is 11.8 Å². The summed E-state index contributed by atoms with van der Waals surface area (Å²) in [6.45, 7) is 2.12. The van der Waals surface area contributed by atoms with Crippen molar-refractivity contribution in [3.63, 3.8) is 0 Å². The molecule has 1 aliphatic heterocycles. The highest BCUT2D eigenvalue weighted by molar-refractivity contribution is 8.03. The normalized spacial score (nSPS) is 16.7. The maximum atomic E-state index is 5.94. The van der Waals surface area contributed by atoms with Gasteiger partial charge >= 0.3 is 0 Å². The van der Waals surface area contributed by atoms with Crippen LogP contribution in [0.3, 0.4) is 0 Å². The minimum atomic E-state index is 0.977. The number of allylic oxidation sites excluding steroid dienone is 1. The van der Waals surface area contributed by atoms with Crippen LogP contribution in [0.1, 0.15) is 18.9 Å². The van der Waals surface area contributed by atoms with Crippen molar-refractivity contribution in [2.45, 2.75) is 24.7 Å². The molecule has 2 heteroatoms. The lowest BCUT2D eigenvalue weighted by Gasteiger charge is -2.03. The van der Waals surface area contributed by atoms with E-state index in [0.29, 0.717) is 0 Å². The molecule has 0 saturated carbocycles. The van der Waals surface area contributed by atoms with Crippen LogP contribution in [0.4, 0.5) is 0 Å². The Morgan fingerprint density at radius 3 is 2.85 bits per heavy atom. The molecule has 1 aromatic carbocycles. The van der Waals surface area contributed by atoms with E-state index in [0.717, 1.165) is 17.9 Å². The molecule has 0 saturated heterocycles. The smallest absolute Gasteiger partial charge is 0.0692 e. The number of aryl methyl sites for hydroxylation is 1. The van der Waals surface area contributed by atoms with Crippen LogP contribution in [0, 0.1) is 0 Å². The van der Waals surface area contributed by atoms with Crippen LogP contribution in [-0.4, -0.2) is 0 Å². The van der Waals surface area contributed by atoms with Crippen LogP contribution in [0.25, 0.3) is 0 Å². The third kappa shape index (κ3) is 1.73. The molecule has 0 spiro atoms. The largest absolute Gasteiger partial charge is 0.393 e. The molecule has 0 radical (unpaired) electrons. The van der Waals surface area contributed by atoms with Gasteiger partial charge in [-0.3, -0.25) is 0 Å². The molecule has 0 amide bonds. The molecule has 68 valence electrons. The molecule has 2 rings (SSSR count). The summed E-state index contributed by atoms with van der Waals surface area (Å²) in [7, 11) is 0. The van der Waals surface area contributed by atoms with E-state index >= 15 is 0 Å².